The molecule has 3 rings (SSSR count). The maximum absolute atomic E-state index is 13.3. The molecule has 1 aromatic carbocycles. The summed E-state index contributed by atoms with van der Waals surface area (Å²) in [5.74, 6) is 1.01. The Morgan fingerprint density at radius 3 is 2.66 bits per heavy atom. The lowest BCUT2D eigenvalue weighted by atomic mass is 10.1. The van der Waals surface area contributed by atoms with Crippen LogP contribution in [0.4, 0.5) is 0 Å². The Labute approximate surface area is 179 Å². The SMILES string of the molecule is CCCOc1c(Cl)cc(C(=O)N2CCCC2CN2CC(C)OC(C)C2)cc1OC. The van der Waals surface area contributed by atoms with E-state index in [0.29, 0.717) is 28.7 Å². The van der Waals surface area contributed by atoms with E-state index in [1.807, 2.05) is 11.8 Å². The number of morpholine rings is 1. The van der Waals surface area contributed by atoms with Gasteiger partial charge in [0.2, 0.25) is 0 Å². The Morgan fingerprint density at radius 1 is 1.28 bits per heavy atom. The van der Waals surface area contributed by atoms with Crippen LogP contribution in [0.15, 0.2) is 12.1 Å². The van der Waals surface area contributed by atoms with Crippen molar-refractivity contribution in [2.75, 3.05) is 39.9 Å². The summed E-state index contributed by atoms with van der Waals surface area (Å²) in [7, 11) is 1.57. The maximum atomic E-state index is 13.3. The molecule has 2 saturated heterocycles. The molecule has 6 nitrogen and oxygen atoms in total. The fourth-order valence-corrected chi connectivity index (χ4v) is 4.64. The van der Waals surface area contributed by atoms with E-state index in [2.05, 4.69) is 18.7 Å². The molecule has 1 amide bonds. The summed E-state index contributed by atoms with van der Waals surface area (Å²) in [6, 6.07) is 3.65. The highest BCUT2D eigenvalue weighted by Crippen LogP contribution is 2.37. The highest BCUT2D eigenvalue weighted by Gasteiger charge is 2.33. The molecule has 0 radical (unpaired) electrons. The second kappa shape index (κ2) is 10.0. The lowest BCUT2D eigenvalue weighted by molar-refractivity contribution is -0.0715. The number of methoxy groups -OCH3 is 1. The van der Waals surface area contributed by atoms with Crippen molar-refractivity contribution in [3.63, 3.8) is 0 Å². The highest BCUT2D eigenvalue weighted by atomic mass is 35.5. The molecule has 1 aromatic rings. The first-order chi connectivity index (χ1) is 13.9. The standard InChI is InChI=1S/C22H33ClN2O4/c1-5-9-28-21-19(23)10-17(11-20(21)27-4)22(26)25-8-6-7-18(25)14-24-12-15(2)29-16(3)13-24/h10-11,15-16,18H,5-9,12-14H2,1-4H3. The maximum Gasteiger partial charge on any atom is 0.254 e. The number of rotatable bonds is 7. The molecule has 0 aliphatic carbocycles. The van der Waals surface area contributed by atoms with Crippen LogP contribution < -0.4 is 9.47 Å². The number of hydrogen-bond acceptors (Lipinski definition) is 5. The van der Waals surface area contributed by atoms with E-state index in [0.717, 1.165) is 45.4 Å². The van der Waals surface area contributed by atoms with E-state index in [9.17, 15) is 4.79 Å². The Balaban J connectivity index is 1.74. The van der Waals surface area contributed by atoms with Crippen LogP contribution in [-0.4, -0.2) is 73.9 Å². The molecule has 0 aromatic heterocycles. The molecule has 2 fully saturated rings. The van der Waals surface area contributed by atoms with Crippen molar-refractivity contribution in [2.24, 2.45) is 0 Å². The molecule has 2 heterocycles. The van der Waals surface area contributed by atoms with Crippen LogP contribution in [0, 0.1) is 0 Å². The van der Waals surface area contributed by atoms with Crippen LogP contribution in [0.5, 0.6) is 11.5 Å². The predicted molar refractivity (Wildman–Crippen MR) is 114 cm³/mol. The molecule has 7 heteroatoms. The van der Waals surface area contributed by atoms with Crippen molar-refractivity contribution in [1.82, 2.24) is 9.80 Å². The van der Waals surface area contributed by atoms with Crippen molar-refractivity contribution in [3.8, 4) is 11.5 Å². The molecule has 2 aliphatic heterocycles. The first-order valence-electron chi connectivity index (χ1n) is 10.6. The van der Waals surface area contributed by atoms with E-state index in [-0.39, 0.29) is 24.2 Å². The highest BCUT2D eigenvalue weighted by molar-refractivity contribution is 6.32. The average Bonchev–Trinajstić information content (AvgIpc) is 3.13. The molecule has 0 bridgehead atoms. The molecule has 29 heavy (non-hydrogen) atoms. The molecule has 0 spiro atoms. The molecule has 3 atom stereocenters. The lowest BCUT2D eigenvalue weighted by Crippen LogP contribution is -2.50. The minimum absolute atomic E-state index is 0.00379. The van der Waals surface area contributed by atoms with Gasteiger partial charge in [0.15, 0.2) is 11.5 Å². The summed E-state index contributed by atoms with van der Waals surface area (Å²) < 4.78 is 17.0. The molecule has 2 aliphatic rings. The molecule has 0 saturated carbocycles. The van der Waals surface area contributed by atoms with E-state index in [1.165, 1.54) is 0 Å². The smallest absolute Gasteiger partial charge is 0.254 e. The zero-order valence-electron chi connectivity index (χ0n) is 17.9. The van der Waals surface area contributed by atoms with Crippen molar-refractivity contribution < 1.29 is 19.0 Å². The van der Waals surface area contributed by atoms with E-state index >= 15 is 0 Å². The topological polar surface area (TPSA) is 51.2 Å². The van der Waals surface area contributed by atoms with Gasteiger partial charge in [-0.15, -0.1) is 0 Å². The Kier molecular flexibility index (Phi) is 7.66. The third-order valence-corrected chi connectivity index (χ3v) is 5.81. The van der Waals surface area contributed by atoms with Crippen LogP contribution in [-0.2, 0) is 4.74 Å². The third kappa shape index (κ3) is 5.36. The lowest BCUT2D eigenvalue weighted by Gasteiger charge is -2.38. The number of nitrogens with zero attached hydrogens (tertiary/aromatic N) is 2. The number of hydrogen-bond donors (Lipinski definition) is 0. The van der Waals surface area contributed by atoms with Crippen molar-refractivity contribution in [2.45, 2.75) is 58.3 Å². The fraction of sp³-hybridized carbons (Fsp3) is 0.682. The molecule has 3 unspecified atom stereocenters. The van der Waals surface area contributed by atoms with Crippen LogP contribution in [0.1, 0.15) is 50.4 Å². The summed E-state index contributed by atoms with van der Waals surface area (Å²) in [5.41, 5.74) is 0.548. The van der Waals surface area contributed by atoms with Gasteiger partial charge in [-0.25, -0.2) is 0 Å². The van der Waals surface area contributed by atoms with Gasteiger partial charge in [-0.2, -0.15) is 0 Å². The fourth-order valence-electron chi connectivity index (χ4n) is 4.38. The second-order valence-corrected chi connectivity index (χ2v) is 8.52. The van der Waals surface area contributed by atoms with Gasteiger partial charge in [0, 0.05) is 37.8 Å². The van der Waals surface area contributed by atoms with Crippen LogP contribution in [0.25, 0.3) is 0 Å². The van der Waals surface area contributed by atoms with Gasteiger partial charge >= 0.3 is 0 Å². The zero-order chi connectivity index (χ0) is 21.0. The average molecular weight is 425 g/mol. The molecular weight excluding hydrogens is 392 g/mol. The van der Waals surface area contributed by atoms with Crippen LogP contribution in [0.2, 0.25) is 5.02 Å². The second-order valence-electron chi connectivity index (χ2n) is 8.11. The number of halogens is 1. The number of likely N-dealkylation sites (tertiary alicyclic amines) is 1. The Hall–Kier alpha value is -1.50. The Morgan fingerprint density at radius 2 is 2.00 bits per heavy atom. The predicted octanol–water partition coefficient (Wildman–Crippen LogP) is 3.85. The third-order valence-electron chi connectivity index (χ3n) is 5.53. The normalized spacial score (nSPS) is 25.3. The minimum atomic E-state index is 0.00379. The summed E-state index contributed by atoms with van der Waals surface area (Å²) in [4.78, 5) is 17.7. The van der Waals surface area contributed by atoms with E-state index in [1.54, 1.807) is 19.2 Å². The number of amides is 1. The van der Waals surface area contributed by atoms with Gasteiger partial charge in [-0.1, -0.05) is 18.5 Å². The van der Waals surface area contributed by atoms with Gasteiger partial charge in [0.1, 0.15) is 0 Å². The van der Waals surface area contributed by atoms with Gasteiger partial charge in [0.25, 0.3) is 5.91 Å². The van der Waals surface area contributed by atoms with E-state index in [4.69, 9.17) is 25.8 Å². The van der Waals surface area contributed by atoms with Crippen LogP contribution >= 0.6 is 11.6 Å². The molecule has 162 valence electrons. The largest absolute Gasteiger partial charge is 0.493 e. The molecule has 0 N–H and O–H groups in total. The number of benzene rings is 1. The zero-order valence-corrected chi connectivity index (χ0v) is 18.7. The van der Waals surface area contributed by atoms with Gasteiger partial charge in [-0.3, -0.25) is 9.69 Å². The van der Waals surface area contributed by atoms with Crippen molar-refractivity contribution in [3.05, 3.63) is 22.7 Å². The quantitative estimate of drug-likeness (QED) is 0.665. The van der Waals surface area contributed by atoms with Crippen LogP contribution in [0.3, 0.4) is 0 Å². The number of carbonyl (C=O) groups excluding carboxylic acids is 1. The molecular formula is C22H33ClN2O4. The van der Waals surface area contributed by atoms with Gasteiger partial charge in [-0.05, 0) is 45.2 Å². The summed E-state index contributed by atoms with van der Waals surface area (Å²) >= 11 is 6.43. The Bertz CT molecular complexity index is 704. The summed E-state index contributed by atoms with van der Waals surface area (Å²) in [6.45, 7) is 10.3. The summed E-state index contributed by atoms with van der Waals surface area (Å²) in [6.07, 6.45) is 3.36. The van der Waals surface area contributed by atoms with Crippen molar-refractivity contribution in [1.29, 1.82) is 0 Å². The monoisotopic (exact) mass is 424 g/mol. The van der Waals surface area contributed by atoms with Gasteiger partial charge < -0.3 is 19.1 Å². The van der Waals surface area contributed by atoms with Crippen molar-refractivity contribution >= 4 is 17.5 Å². The van der Waals surface area contributed by atoms with Gasteiger partial charge in [0.05, 0.1) is 30.9 Å². The first kappa shape index (κ1) is 22.2. The number of carbonyl (C=O) groups is 1. The summed E-state index contributed by atoms with van der Waals surface area (Å²) in [5, 5.41) is 0.410. The first-order valence-corrected chi connectivity index (χ1v) is 11.0. The number of ether oxygens (including phenoxy) is 3. The van der Waals surface area contributed by atoms with E-state index < -0.39 is 0 Å². The minimum Gasteiger partial charge on any atom is -0.493 e.